The third kappa shape index (κ3) is 3.70. The first-order valence-corrected chi connectivity index (χ1v) is 11.5. The predicted molar refractivity (Wildman–Crippen MR) is 116 cm³/mol. The lowest BCUT2D eigenvalue weighted by Gasteiger charge is -2.35. The van der Waals surface area contributed by atoms with Gasteiger partial charge in [-0.2, -0.15) is 0 Å². The molecule has 0 saturated carbocycles. The van der Waals surface area contributed by atoms with Crippen LogP contribution in [-0.2, 0) is 9.53 Å². The van der Waals surface area contributed by atoms with E-state index in [9.17, 15) is 4.79 Å². The van der Waals surface area contributed by atoms with Crippen molar-refractivity contribution in [2.24, 2.45) is 15.9 Å². The van der Waals surface area contributed by atoms with E-state index in [1.54, 1.807) is 30.1 Å². The average molecular weight is 431 g/mol. The summed E-state index contributed by atoms with van der Waals surface area (Å²) in [5.74, 6) is 2.22. The second-order valence-electron chi connectivity index (χ2n) is 7.77. The lowest BCUT2D eigenvalue weighted by atomic mass is 10.00. The Bertz CT molecular complexity index is 884. The first-order valence-electron chi connectivity index (χ1n) is 10.5. The number of ether oxygens (including phenoxy) is 3. The van der Waals surface area contributed by atoms with Gasteiger partial charge in [-0.05, 0) is 25.3 Å². The number of morpholine rings is 1. The zero-order chi connectivity index (χ0) is 20.5. The van der Waals surface area contributed by atoms with Crippen molar-refractivity contribution in [1.82, 2.24) is 10.2 Å². The summed E-state index contributed by atoms with van der Waals surface area (Å²) in [5, 5.41) is 4.29. The van der Waals surface area contributed by atoms with Gasteiger partial charge in [0.25, 0.3) is 0 Å². The van der Waals surface area contributed by atoms with Gasteiger partial charge in [-0.1, -0.05) is 0 Å². The molecule has 8 nitrogen and oxygen atoms in total. The number of hydrogen-bond acceptors (Lipinski definition) is 8. The normalized spacial score (nSPS) is 27.2. The van der Waals surface area contributed by atoms with Gasteiger partial charge in [0, 0.05) is 30.5 Å². The number of nitrogens with zero attached hydrogens (tertiary/aromatic N) is 3. The molecule has 1 aromatic rings. The zero-order valence-electron chi connectivity index (χ0n) is 17.0. The summed E-state index contributed by atoms with van der Waals surface area (Å²) in [6, 6.07) is 3.80. The van der Waals surface area contributed by atoms with Crippen molar-refractivity contribution in [2.75, 3.05) is 39.2 Å². The Morgan fingerprint density at radius 2 is 2.30 bits per heavy atom. The van der Waals surface area contributed by atoms with Gasteiger partial charge in [0.05, 0.1) is 49.4 Å². The molecule has 0 aliphatic carbocycles. The van der Waals surface area contributed by atoms with E-state index in [1.165, 1.54) is 0 Å². The minimum absolute atomic E-state index is 0.0868. The second kappa shape index (κ2) is 8.56. The molecule has 4 heterocycles. The Labute approximate surface area is 180 Å². The van der Waals surface area contributed by atoms with E-state index in [0.29, 0.717) is 18.1 Å². The number of aliphatic imine (C=N–C) groups is 2. The molecule has 2 saturated heterocycles. The molecule has 0 radical (unpaired) electrons. The Kier molecular flexibility index (Phi) is 5.66. The Morgan fingerprint density at radius 1 is 1.37 bits per heavy atom. The third-order valence-corrected chi connectivity index (χ3v) is 6.99. The highest BCUT2D eigenvalue weighted by molar-refractivity contribution is 8.14. The molecule has 0 bridgehead atoms. The second-order valence-corrected chi connectivity index (χ2v) is 8.89. The predicted octanol–water partition coefficient (Wildman–Crippen LogP) is 2.51. The Balaban J connectivity index is 1.33. The molecule has 2 fully saturated rings. The summed E-state index contributed by atoms with van der Waals surface area (Å²) in [7, 11) is 1.62. The number of carbonyl (C=O) groups excluding carboxylic acids is 1. The van der Waals surface area contributed by atoms with Crippen LogP contribution in [0.1, 0.15) is 31.0 Å². The maximum atomic E-state index is 12.9. The quantitative estimate of drug-likeness (QED) is 0.698. The number of thioether (sulfide) groups is 1. The molecular weight excluding hydrogens is 404 g/mol. The molecule has 5 rings (SSSR count). The lowest BCUT2D eigenvalue weighted by Crippen LogP contribution is -2.43. The van der Waals surface area contributed by atoms with Gasteiger partial charge in [0.15, 0.2) is 17.7 Å². The van der Waals surface area contributed by atoms with Gasteiger partial charge in [-0.25, -0.2) is 4.99 Å². The van der Waals surface area contributed by atoms with Crippen LogP contribution in [0.2, 0.25) is 0 Å². The SMILES string of the molecule is COc1cc2c(cc1OCCCC1CNCCO1)C1N=C3SCCC3C(=O)N1C=N2. The van der Waals surface area contributed by atoms with Crippen LogP contribution >= 0.6 is 11.8 Å². The van der Waals surface area contributed by atoms with Gasteiger partial charge in [-0.3, -0.25) is 14.7 Å². The summed E-state index contributed by atoms with van der Waals surface area (Å²) in [6.07, 6.45) is 4.16. The van der Waals surface area contributed by atoms with Crippen LogP contribution in [0.3, 0.4) is 0 Å². The minimum atomic E-state index is -0.378. The number of methoxy groups -OCH3 is 1. The van der Waals surface area contributed by atoms with E-state index in [4.69, 9.17) is 19.2 Å². The smallest absolute Gasteiger partial charge is 0.239 e. The van der Waals surface area contributed by atoms with Crippen molar-refractivity contribution in [3.8, 4) is 11.5 Å². The number of nitrogens with one attached hydrogen (secondary N) is 1. The molecule has 1 amide bonds. The fourth-order valence-electron chi connectivity index (χ4n) is 4.26. The van der Waals surface area contributed by atoms with E-state index < -0.39 is 0 Å². The number of hydrogen-bond donors (Lipinski definition) is 1. The first kappa shape index (κ1) is 19.8. The zero-order valence-corrected chi connectivity index (χ0v) is 17.8. The highest BCUT2D eigenvalue weighted by Gasteiger charge is 2.42. The average Bonchev–Trinajstić information content (AvgIpc) is 3.26. The van der Waals surface area contributed by atoms with Crippen molar-refractivity contribution in [3.63, 3.8) is 0 Å². The number of fused-ring (bicyclic) bond motifs is 4. The van der Waals surface area contributed by atoms with Gasteiger partial charge >= 0.3 is 0 Å². The van der Waals surface area contributed by atoms with Crippen molar-refractivity contribution >= 4 is 34.7 Å². The fraction of sp³-hybridized carbons (Fsp3) is 0.571. The van der Waals surface area contributed by atoms with Gasteiger partial charge < -0.3 is 19.5 Å². The summed E-state index contributed by atoms with van der Waals surface area (Å²) in [5.41, 5.74) is 1.64. The molecule has 9 heteroatoms. The number of rotatable bonds is 6. The van der Waals surface area contributed by atoms with Crippen LogP contribution < -0.4 is 14.8 Å². The maximum absolute atomic E-state index is 12.9. The van der Waals surface area contributed by atoms with Gasteiger partial charge in [0.2, 0.25) is 5.91 Å². The molecule has 0 spiro atoms. The largest absolute Gasteiger partial charge is 0.493 e. The van der Waals surface area contributed by atoms with E-state index in [-0.39, 0.29) is 24.1 Å². The Hall–Kier alpha value is -2.10. The van der Waals surface area contributed by atoms with E-state index >= 15 is 0 Å². The third-order valence-electron chi connectivity index (χ3n) is 5.86. The number of amides is 1. The minimum Gasteiger partial charge on any atom is -0.493 e. The topological polar surface area (TPSA) is 84.8 Å². The van der Waals surface area contributed by atoms with Crippen molar-refractivity contribution < 1.29 is 19.0 Å². The molecular formula is C21H26N4O4S. The summed E-state index contributed by atoms with van der Waals surface area (Å²) in [6.45, 7) is 3.15. The standard InChI is InChI=1S/C21H26N4O4S/c1-27-17-10-16-15(9-18(17)29-6-2-3-13-11-22-5-7-28-13)19-24-20-14(4-8-30-20)21(26)25(19)12-23-16/h9-10,12-14,19,22H,2-8,11H2,1H3. The molecule has 160 valence electrons. The molecule has 3 unspecified atom stereocenters. The van der Waals surface area contributed by atoms with E-state index in [0.717, 1.165) is 61.0 Å². The van der Waals surface area contributed by atoms with Crippen LogP contribution in [0.5, 0.6) is 11.5 Å². The molecule has 30 heavy (non-hydrogen) atoms. The summed E-state index contributed by atoms with van der Waals surface area (Å²) >= 11 is 1.69. The van der Waals surface area contributed by atoms with Crippen molar-refractivity contribution in [1.29, 1.82) is 0 Å². The van der Waals surface area contributed by atoms with Crippen molar-refractivity contribution in [3.05, 3.63) is 17.7 Å². The Morgan fingerprint density at radius 3 is 3.13 bits per heavy atom. The first-order chi connectivity index (χ1) is 14.7. The highest BCUT2D eigenvalue weighted by atomic mass is 32.2. The fourth-order valence-corrected chi connectivity index (χ4v) is 5.42. The van der Waals surface area contributed by atoms with Crippen LogP contribution in [0.4, 0.5) is 5.69 Å². The van der Waals surface area contributed by atoms with Gasteiger partial charge in [0.1, 0.15) is 0 Å². The molecule has 0 aromatic heterocycles. The van der Waals surface area contributed by atoms with Crippen LogP contribution in [0.25, 0.3) is 0 Å². The van der Waals surface area contributed by atoms with Crippen molar-refractivity contribution in [2.45, 2.75) is 31.5 Å². The van der Waals surface area contributed by atoms with Crippen LogP contribution in [0.15, 0.2) is 22.1 Å². The van der Waals surface area contributed by atoms with E-state index in [1.807, 2.05) is 12.1 Å². The molecule has 1 aromatic carbocycles. The highest BCUT2D eigenvalue weighted by Crippen LogP contribution is 2.45. The summed E-state index contributed by atoms with van der Waals surface area (Å²) < 4.78 is 17.3. The van der Waals surface area contributed by atoms with E-state index in [2.05, 4.69) is 10.3 Å². The molecule has 4 aliphatic rings. The maximum Gasteiger partial charge on any atom is 0.239 e. The molecule has 1 N–H and O–H groups in total. The molecule has 4 aliphatic heterocycles. The molecule has 3 atom stereocenters. The monoisotopic (exact) mass is 430 g/mol. The van der Waals surface area contributed by atoms with Crippen LogP contribution in [-0.4, -0.2) is 67.5 Å². The number of benzene rings is 1. The van der Waals surface area contributed by atoms with Gasteiger partial charge in [-0.15, -0.1) is 11.8 Å². The summed E-state index contributed by atoms with van der Waals surface area (Å²) in [4.78, 5) is 23.9. The number of carbonyl (C=O) groups is 1. The lowest BCUT2D eigenvalue weighted by molar-refractivity contribution is -0.131. The van der Waals surface area contributed by atoms with Crippen LogP contribution in [0, 0.1) is 5.92 Å².